The molecule has 7 heteroatoms. The Morgan fingerprint density at radius 3 is 2.71 bits per heavy atom. The van der Waals surface area contributed by atoms with Crippen LogP contribution >= 0.6 is 11.8 Å². The Balaban J connectivity index is 4.15. The number of hydrogen-bond donors (Lipinski definition) is 0. The molecule has 0 radical (unpaired) electrons. The molecule has 0 aromatic heterocycles. The van der Waals surface area contributed by atoms with Crippen molar-refractivity contribution in [1.29, 1.82) is 0 Å². The summed E-state index contributed by atoms with van der Waals surface area (Å²) in [6.45, 7) is 1.50. The topological polar surface area (TPSA) is 92.1 Å². The standard InChI is InChI=1S/C7H11N3O3S/c1-5(11)14-6(4-9-10-8)3-7(12)13-2/h6H,3-4H2,1-2H3. The quantitative estimate of drug-likeness (QED) is 0.302. The van der Waals surface area contributed by atoms with E-state index in [9.17, 15) is 9.59 Å². The number of rotatable bonds is 5. The third-order valence-corrected chi connectivity index (χ3v) is 2.28. The lowest BCUT2D eigenvalue weighted by Gasteiger charge is -2.09. The van der Waals surface area contributed by atoms with E-state index in [-0.39, 0.29) is 23.3 Å². The van der Waals surface area contributed by atoms with Gasteiger partial charge in [0.05, 0.1) is 13.5 Å². The summed E-state index contributed by atoms with van der Waals surface area (Å²) in [5, 5.41) is 2.86. The summed E-state index contributed by atoms with van der Waals surface area (Å²) in [5.74, 6) is -0.420. The molecule has 78 valence electrons. The Kier molecular flexibility index (Phi) is 6.61. The maximum Gasteiger partial charge on any atom is 0.306 e. The second-order valence-electron chi connectivity index (χ2n) is 2.43. The molecule has 6 nitrogen and oxygen atoms in total. The fourth-order valence-corrected chi connectivity index (χ4v) is 1.61. The van der Waals surface area contributed by atoms with Crippen molar-refractivity contribution < 1.29 is 14.3 Å². The van der Waals surface area contributed by atoms with E-state index in [1.165, 1.54) is 14.0 Å². The van der Waals surface area contributed by atoms with Crippen LogP contribution in [0.2, 0.25) is 0 Å². The second kappa shape index (κ2) is 7.23. The van der Waals surface area contributed by atoms with Crippen LogP contribution in [0.25, 0.3) is 10.4 Å². The predicted octanol–water partition coefficient (Wildman–Crippen LogP) is 1.51. The Morgan fingerprint density at radius 1 is 1.64 bits per heavy atom. The van der Waals surface area contributed by atoms with Gasteiger partial charge in [0.2, 0.25) is 0 Å². The van der Waals surface area contributed by atoms with E-state index in [4.69, 9.17) is 5.53 Å². The average Bonchev–Trinajstić information content (AvgIpc) is 2.13. The van der Waals surface area contributed by atoms with Gasteiger partial charge in [-0.15, -0.1) is 0 Å². The molecule has 0 saturated carbocycles. The Bertz CT molecular complexity index is 259. The summed E-state index contributed by atoms with van der Waals surface area (Å²) in [4.78, 5) is 24.2. The predicted molar refractivity (Wildman–Crippen MR) is 52.7 cm³/mol. The molecule has 0 N–H and O–H groups in total. The summed E-state index contributed by atoms with van der Waals surface area (Å²) >= 11 is 0.979. The van der Waals surface area contributed by atoms with Crippen molar-refractivity contribution in [2.24, 2.45) is 5.11 Å². The van der Waals surface area contributed by atoms with E-state index in [0.717, 1.165) is 11.8 Å². The first-order valence-electron chi connectivity index (χ1n) is 3.85. The number of thioether (sulfide) groups is 1. The van der Waals surface area contributed by atoms with Crippen molar-refractivity contribution in [2.75, 3.05) is 13.7 Å². The van der Waals surface area contributed by atoms with Crippen LogP contribution in [0, 0.1) is 0 Å². The number of carbonyl (C=O) groups is 2. The molecule has 0 rings (SSSR count). The van der Waals surface area contributed by atoms with Crippen molar-refractivity contribution in [1.82, 2.24) is 0 Å². The summed E-state index contributed by atoms with van der Waals surface area (Å²) in [5.41, 5.74) is 8.09. The minimum absolute atomic E-state index is 0.0692. The highest BCUT2D eigenvalue weighted by atomic mass is 32.2. The summed E-state index contributed by atoms with van der Waals surface area (Å²) in [6.07, 6.45) is 0.0692. The van der Waals surface area contributed by atoms with E-state index in [1.807, 2.05) is 0 Å². The summed E-state index contributed by atoms with van der Waals surface area (Å²) in [7, 11) is 1.27. The maximum atomic E-state index is 10.9. The molecule has 1 atom stereocenters. The van der Waals surface area contributed by atoms with Crippen LogP contribution in [0.4, 0.5) is 0 Å². The van der Waals surface area contributed by atoms with Gasteiger partial charge in [0.1, 0.15) is 0 Å². The van der Waals surface area contributed by atoms with Crippen molar-refractivity contribution in [3.8, 4) is 0 Å². The zero-order valence-corrected chi connectivity index (χ0v) is 8.78. The molecule has 0 aromatic rings. The third kappa shape index (κ3) is 6.33. The van der Waals surface area contributed by atoms with Gasteiger partial charge < -0.3 is 4.74 Å². The number of hydrogen-bond acceptors (Lipinski definition) is 5. The monoisotopic (exact) mass is 217 g/mol. The minimum Gasteiger partial charge on any atom is -0.469 e. The van der Waals surface area contributed by atoms with Gasteiger partial charge in [0.15, 0.2) is 5.12 Å². The van der Waals surface area contributed by atoms with E-state index < -0.39 is 5.97 Å². The molecule has 0 saturated heterocycles. The van der Waals surface area contributed by atoms with Crippen LogP contribution in [0.5, 0.6) is 0 Å². The zero-order valence-electron chi connectivity index (χ0n) is 7.97. The Hall–Kier alpha value is -1.20. The van der Waals surface area contributed by atoms with E-state index >= 15 is 0 Å². The van der Waals surface area contributed by atoms with Crippen molar-refractivity contribution >= 4 is 22.8 Å². The highest BCUT2D eigenvalue weighted by Crippen LogP contribution is 2.16. The van der Waals surface area contributed by atoms with Gasteiger partial charge in [0.25, 0.3) is 0 Å². The molecule has 1 unspecified atom stereocenters. The molecule has 0 heterocycles. The van der Waals surface area contributed by atoms with Crippen molar-refractivity contribution in [3.63, 3.8) is 0 Å². The molecule has 0 amide bonds. The molecular weight excluding hydrogens is 206 g/mol. The Labute approximate surface area is 85.6 Å². The molecular formula is C7H11N3O3S. The Morgan fingerprint density at radius 2 is 2.29 bits per heavy atom. The van der Waals surface area contributed by atoms with Crippen LogP contribution in [0.15, 0.2) is 5.11 Å². The molecule has 0 bridgehead atoms. The first-order chi connectivity index (χ1) is 6.60. The fourth-order valence-electron chi connectivity index (χ4n) is 0.775. The van der Waals surface area contributed by atoms with Gasteiger partial charge >= 0.3 is 5.97 Å². The lowest BCUT2D eigenvalue weighted by atomic mass is 10.3. The first-order valence-corrected chi connectivity index (χ1v) is 4.73. The minimum atomic E-state index is -0.420. The second-order valence-corrected chi connectivity index (χ2v) is 3.90. The molecule has 0 aromatic carbocycles. The molecule has 14 heavy (non-hydrogen) atoms. The highest BCUT2D eigenvalue weighted by molar-refractivity contribution is 8.14. The van der Waals surface area contributed by atoms with Gasteiger partial charge in [-0.2, -0.15) is 0 Å². The van der Waals surface area contributed by atoms with E-state index in [0.29, 0.717) is 0 Å². The number of ether oxygens (including phenoxy) is 1. The van der Waals surface area contributed by atoms with Gasteiger partial charge in [0, 0.05) is 23.6 Å². The van der Waals surface area contributed by atoms with Crippen molar-refractivity contribution in [3.05, 3.63) is 10.4 Å². The van der Waals surface area contributed by atoms with Crippen LogP contribution in [0.1, 0.15) is 13.3 Å². The van der Waals surface area contributed by atoms with Crippen molar-refractivity contribution in [2.45, 2.75) is 18.6 Å². The summed E-state index contributed by atoms with van der Waals surface area (Å²) in [6, 6.07) is 0. The lowest BCUT2D eigenvalue weighted by molar-refractivity contribution is -0.140. The number of esters is 1. The number of carbonyl (C=O) groups excluding carboxylic acids is 2. The zero-order chi connectivity index (χ0) is 11.0. The van der Waals surface area contributed by atoms with Crippen LogP contribution < -0.4 is 0 Å². The SMILES string of the molecule is COC(=O)CC(CN=[N+]=[N-])SC(C)=O. The number of nitrogens with zero attached hydrogens (tertiary/aromatic N) is 3. The molecule has 0 spiro atoms. The van der Waals surface area contributed by atoms with Crippen LogP contribution in [0.3, 0.4) is 0 Å². The van der Waals surface area contributed by atoms with E-state index in [1.54, 1.807) is 0 Å². The molecule has 0 aliphatic carbocycles. The van der Waals surface area contributed by atoms with Gasteiger partial charge in [-0.3, -0.25) is 9.59 Å². The lowest BCUT2D eigenvalue weighted by Crippen LogP contribution is -2.16. The van der Waals surface area contributed by atoms with E-state index in [2.05, 4.69) is 14.8 Å². The molecule has 0 fully saturated rings. The van der Waals surface area contributed by atoms with Gasteiger partial charge in [-0.25, -0.2) is 0 Å². The third-order valence-electron chi connectivity index (χ3n) is 1.30. The molecule has 0 aliphatic heterocycles. The average molecular weight is 217 g/mol. The highest BCUT2D eigenvalue weighted by Gasteiger charge is 2.15. The first kappa shape index (κ1) is 12.8. The van der Waals surface area contributed by atoms with Gasteiger partial charge in [-0.05, 0) is 5.53 Å². The number of azide groups is 1. The smallest absolute Gasteiger partial charge is 0.306 e. The summed E-state index contributed by atoms with van der Waals surface area (Å²) < 4.78 is 4.44. The number of methoxy groups -OCH3 is 1. The maximum absolute atomic E-state index is 10.9. The van der Waals surface area contributed by atoms with Crippen LogP contribution in [-0.4, -0.2) is 30.0 Å². The normalized spacial score (nSPS) is 11.3. The largest absolute Gasteiger partial charge is 0.469 e. The van der Waals surface area contributed by atoms with Crippen LogP contribution in [-0.2, 0) is 14.3 Å². The van der Waals surface area contributed by atoms with Gasteiger partial charge in [-0.1, -0.05) is 16.9 Å². The molecule has 0 aliphatic rings. The fraction of sp³-hybridized carbons (Fsp3) is 0.714.